The highest BCUT2D eigenvalue weighted by Gasteiger charge is 2.18. The van der Waals surface area contributed by atoms with Crippen LogP contribution in [0.4, 0.5) is 5.69 Å². The monoisotopic (exact) mass is 292 g/mol. The molecular weight excluding hydrogens is 276 g/mol. The van der Waals surface area contributed by atoms with Gasteiger partial charge in [-0.25, -0.2) is 4.79 Å². The molecule has 0 aliphatic carbocycles. The quantitative estimate of drug-likeness (QED) is 0.389. The first-order valence-electron chi connectivity index (χ1n) is 6.03. The number of benzene rings is 1. The summed E-state index contributed by atoms with van der Waals surface area (Å²) in [5, 5.41) is 17.2. The Bertz CT molecular complexity index is 576. The van der Waals surface area contributed by atoms with Crippen LogP contribution in [0, 0.1) is 6.92 Å². The van der Waals surface area contributed by atoms with Crippen LogP contribution < -0.4 is 0 Å². The van der Waals surface area contributed by atoms with Crippen LogP contribution in [-0.4, -0.2) is 31.3 Å². The number of rotatable bonds is 5. The van der Waals surface area contributed by atoms with Crippen molar-refractivity contribution in [2.75, 3.05) is 14.2 Å². The number of aliphatic hydroxyl groups is 1. The minimum absolute atomic E-state index is 0.441. The standard InChI is InChI=1S/C14H16N2O5/c1-9-4-6-10(7-5-9)15-16-13(14(19)21-3)11(17)8-12(18)20-2/h4-7,17H,8H2,1-3H3/b13-11-,16-15?. The molecule has 1 N–H and O–H groups in total. The highest BCUT2D eigenvalue weighted by atomic mass is 16.5. The van der Waals surface area contributed by atoms with Gasteiger partial charge in [0.1, 0.15) is 12.2 Å². The number of nitrogens with zero attached hydrogens (tertiary/aromatic N) is 2. The Kier molecular flexibility index (Phi) is 6.06. The Balaban J connectivity index is 3.03. The number of methoxy groups -OCH3 is 2. The fraction of sp³-hybridized carbons (Fsp3) is 0.286. The minimum atomic E-state index is -0.896. The molecule has 0 fully saturated rings. The molecule has 0 atom stereocenters. The largest absolute Gasteiger partial charge is 0.509 e. The molecular formula is C14H16N2O5. The number of aryl methyl sites for hydroxylation is 1. The van der Waals surface area contributed by atoms with Crippen molar-refractivity contribution in [3.8, 4) is 0 Å². The van der Waals surface area contributed by atoms with Crippen molar-refractivity contribution in [2.24, 2.45) is 10.2 Å². The predicted molar refractivity (Wildman–Crippen MR) is 74.0 cm³/mol. The first-order valence-corrected chi connectivity index (χ1v) is 6.03. The van der Waals surface area contributed by atoms with Crippen molar-refractivity contribution < 1.29 is 24.2 Å². The number of ether oxygens (including phenoxy) is 2. The molecule has 112 valence electrons. The van der Waals surface area contributed by atoms with Crippen LogP contribution in [0.3, 0.4) is 0 Å². The molecule has 0 spiro atoms. The van der Waals surface area contributed by atoms with Crippen molar-refractivity contribution in [3.63, 3.8) is 0 Å². The lowest BCUT2D eigenvalue weighted by atomic mass is 10.2. The highest BCUT2D eigenvalue weighted by Crippen LogP contribution is 2.17. The summed E-state index contributed by atoms with van der Waals surface area (Å²) in [7, 11) is 2.30. The molecule has 0 saturated carbocycles. The van der Waals surface area contributed by atoms with E-state index in [1.165, 1.54) is 7.11 Å². The van der Waals surface area contributed by atoms with Crippen molar-refractivity contribution >= 4 is 17.6 Å². The van der Waals surface area contributed by atoms with E-state index in [1.807, 2.05) is 19.1 Å². The maximum absolute atomic E-state index is 11.6. The van der Waals surface area contributed by atoms with Crippen LogP contribution in [0.25, 0.3) is 0 Å². The lowest BCUT2D eigenvalue weighted by Crippen LogP contribution is -2.09. The molecule has 1 aromatic rings. The summed E-state index contributed by atoms with van der Waals surface area (Å²) in [6.45, 7) is 1.92. The number of carbonyl (C=O) groups is 2. The lowest BCUT2D eigenvalue weighted by molar-refractivity contribution is -0.140. The van der Waals surface area contributed by atoms with Crippen molar-refractivity contribution in [2.45, 2.75) is 13.3 Å². The summed E-state index contributed by atoms with van der Waals surface area (Å²) in [6, 6.07) is 7.05. The molecule has 0 bridgehead atoms. The van der Waals surface area contributed by atoms with Gasteiger partial charge in [-0.2, -0.15) is 5.11 Å². The summed E-state index contributed by atoms with van der Waals surface area (Å²) in [4.78, 5) is 22.7. The molecule has 0 aliphatic heterocycles. The molecule has 0 unspecified atom stereocenters. The Morgan fingerprint density at radius 3 is 2.29 bits per heavy atom. The summed E-state index contributed by atoms with van der Waals surface area (Å²) in [5.41, 5.74) is 1.10. The third-order valence-electron chi connectivity index (χ3n) is 2.49. The Morgan fingerprint density at radius 2 is 1.76 bits per heavy atom. The zero-order valence-corrected chi connectivity index (χ0v) is 12.0. The van der Waals surface area contributed by atoms with Crippen molar-refractivity contribution in [3.05, 3.63) is 41.3 Å². The van der Waals surface area contributed by atoms with E-state index in [0.29, 0.717) is 5.69 Å². The van der Waals surface area contributed by atoms with E-state index in [4.69, 9.17) is 0 Å². The molecule has 21 heavy (non-hydrogen) atoms. The average Bonchev–Trinajstić information content (AvgIpc) is 2.48. The molecule has 0 amide bonds. The van der Waals surface area contributed by atoms with Gasteiger partial charge >= 0.3 is 11.9 Å². The van der Waals surface area contributed by atoms with Crippen LogP contribution in [0.5, 0.6) is 0 Å². The van der Waals surface area contributed by atoms with E-state index in [2.05, 4.69) is 19.7 Å². The van der Waals surface area contributed by atoms with Gasteiger partial charge in [0.15, 0.2) is 0 Å². The normalized spacial score (nSPS) is 12.0. The molecule has 0 radical (unpaired) electrons. The zero-order valence-electron chi connectivity index (χ0n) is 12.0. The second-order valence-corrected chi connectivity index (χ2v) is 4.08. The second-order valence-electron chi connectivity index (χ2n) is 4.08. The number of hydrogen-bond donors (Lipinski definition) is 1. The number of carbonyl (C=O) groups excluding carboxylic acids is 2. The first kappa shape index (κ1) is 16.4. The molecule has 0 saturated heterocycles. The third kappa shape index (κ3) is 5.06. The number of hydrogen-bond acceptors (Lipinski definition) is 7. The maximum atomic E-state index is 11.6. The summed E-state index contributed by atoms with van der Waals surface area (Å²) in [6.07, 6.45) is -0.492. The summed E-state index contributed by atoms with van der Waals surface area (Å²) in [5.74, 6) is -2.17. The molecule has 1 aromatic carbocycles. The van der Waals surface area contributed by atoms with Crippen LogP contribution in [0.2, 0.25) is 0 Å². The summed E-state index contributed by atoms with van der Waals surface area (Å²) >= 11 is 0. The molecule has 7 nitrogen and oxygen atoms in total. The molecule has 1 rings (SSSR count). The topological polar surface area (TPSA) is 97.5 Å². The van der Waals surface area contributed by atoms with Crippen molar-refractivity contribution in [1.82, 2.24) is 0 Å². The highest BCUT2D eigenvalue weighted by molar-refractivity contribution is 5.89. The van der Waals surface area contributed by atoms with Gasteiger partial charge in [0.25, 0.3) is 0 Å². The average molecular weight is 292 g/mol. The van der Waals surface area contributed by atoms with Gasteiger partial charge in [0, 0.05) is 0 Å². The van der Waals surface area contributed by atoms with Gasteiger partial charge in [0.2, 0.25) is 5.70 Å². The first-order chi connectivity index (χ1) is 9.97. The minimum Gasteiger partial charge on any atom is -0.509 e. The van der Waals surface area contributed by atoms with Gasteiger partial charge < -0.3 is 14.6 Å². The number of aliphatic hydroxyl groups excluding tert-OH is 1. The molecule has 0 aliphatic rings. The van der Waals surface area contributed by atoms with Gasteiger partial charge in [-0.05, 0) is 19.1 Å². The van der Waals surface area contributed by atoms with Gasteiger partial charge in [-0.3, -0.25) is 4.79 Å². The van der Waals surface area contributed by atoms with E-state index >= 15 is 0 Å². The number of azo groups is 1. The zero-order chi connectivity index (χ0) is 15.8. The van der Waals surface area contributed by atoms with E-state index in [9.17, 15) is 14.7 Å². The smallest absolute Gasteiger partial charge is 0.362 e. The van der Waals surface area contributed by atoms with Crippen LogP contribution in [0.15, 0.2) is 46.0 Å². The van der Waals surface area contributed by atoms with Crippen molar-refractivity contribution in [1.29, 1.82) is 0 Å². The Hall–Kier alpha value is -2.70. The maximum Gasteiger partial charge on any atom is 0.362 e. The van der Waals surface area contributed by atoms with Crippen LogP contribution in [0.1, 0.15) is 12.0 Å². The molecule has 7 heteroatoms. The fourth-order valence-corrected chi connectivity index (χ4v) is 1.32. The predicted octanol–water partition coefficient (Wildman–Crippen LogP) is 2.58. The van der Waals surface area contributed by atoms with Crippen LogP contribution in [-0.2, 0) is 19.1 Å². The van der Waals surface area contributed by atoms with Gasteiger partial charge in [-0.1, -0.05) is 17.7 Å². The van der Waals surface area contributed by atoms with E-state index in [0.717, 1.165) is 12.7 Å². The van der Waals surface area contributed by atoms with E-state index in [1.54, 1.807) is 12.1 Å². The van der Waals surface area contributed by atoms with E-state index < -0.39 is 29.8 Å². The number of esters is 2. The van der Waals surface area contributed by atoms with Gasteiger partial charge in [-0.15, -0.1) is 5.11 Å². The molecule has 0 heterocycles. The molecule has 0 aromatic heterocycles. The fourth-order valence-electron chi connectivity index (χ4n) is 1.32. The Morgan fingerprint density at radius 1 is 1.14 bits per heavy atom. The third-order valence-corrected chi connectivity index (χ3v) is 2.49. The SMILES string of the molecule is COC(=O)C/C(O)=C(/N=Nc1ccc(C)cc1)C(=O)OC. The summed E-state index contributed by atoms with van der Waals surface area (Å²) < 4.78 is 8.90. The lowest BCUT2D eigenvalue weighted by Gasteiger charge is -2.03. The van der Waals surface area contributed by atoms with Gasteiger partial charge in [0.05, 0.1) is 19.9 Å². The Labute approximate surface area is 121 Å². The second kappa shape index (κ2) is 7.78. The van der Waals surface area contributed by atoms with Crippen LogP contribution >= 0.6 is 0 Å². The van der Waals surface area contributed by atoms with E-state index in [-0.39, 0.29) is 0 Å².